The number of benzene rings is 1. The van der Waals surface area contributed by atoms with Gasteiger partial charge in [0.2, 0.25) is 0 Å². The third-order valence-electron chi connectivity index (χ3n) is 4.72. The molecule has 2 heterocycles. The summed E-state index contributed by atoms with van der Waals surface area (Å²) in [5, 5.41) is 5.55. The molecule has 0 bridgehead atoms. The van der Waals surface area contributed by atoms with Crippen molar-refractivity contribution in [1.29, 1.82) is 0 Å². The van der Waals surface area contributed by atoms with Crippen molar-refractivity contribution < 1.29 is 19.1 Å². The molecule has 2 N–H and O–H groups in total. The molecule has 1 saturated heterocycles. The minimum atomic E-state index is -0.422. The van der Waals surface area contributed by atoms with Gasteiger partial charge in [-0.25, -0.2) is 14.8 Å². The van der Waals surface area contributed by atoms with Crippen molar-refractivity contribution in [2.24, 2.45) is 0 Å². The van der Waals surface area contributed by atoms with Crippen molar-refractivity contribution in [2.45, 2.75) is 25.8 Å². The molecule has 1 aliphatic heterocycles. The number of aryl methyl sites for hydroxylation is 1. The maximum atomic E-state index is 12.7. The van der Waals surface area contributed by atoms with Crippen molar-refractivity contribution in [2.75, 3.05) is 25.5 Å². The molecule has 1 aliphatic rings. The number of likely N-dealkylation sites (tertiary alicyclic amines) is 1. The summed E-state index contributed by atoms with van der Waals surface area (Å²) < 4.78 is 4.71. The van der Waals surface area contributed by atoms with Gasteiger partial charge in [-0.1, -0.05) is 17.7 Å². The average molecular weight is 397 g/mol. The second kappa shape index (κ2) is 9.13. The van der Waals surface area contributed by atoms with Gasteiger partial charge >= 0.3 is 6.09 Å². The van der Waals surface area contributed by atoms with Gasteiger partial charge in [-0.15, -0.1) is 0 Å². The zero-order valence-electron chi connectivity index (χ0n) is 16.3. The van der Waals surface area contributed by atoms with Gasteiger partial charge in [-0.05, 0) is 31.9 Å². The third-order valence-corrected chi connectivity index (χ3v) is 4.72. The van der Waals surface area contributed by atoms with E-state index >= 15 is 0 Å². The third kappa shape index (κ3) is 5.07. The maximum Gasteiger partial charge on any atom is 0.409 e. The quantitative estimate of drug-likeness (QED) is 0.816. The highest BCUT2D eigenvalue weighted by Gasteiger charge is 2.26. The van der Waals surface area contributed by atoms with Crippen LogP contribution in [-0.2, 0) is 4.74 Å². The number of carbonyl (C=O) groups is 3. The van der Waals surface area contributed by atoms with E-state index in [2.05, 4.69) is 20.6 Å². The zero-order valence-corrected chi connectivity index (χ0v) is 16.3. The topological polar surface area (TPSA) is 114 Å². The van der Waals surface area contributed by atoms with E-state index in [0.717, 1.165) is 5.56 Å². The number of anilines is 1. The minimum absolute atomic E-state index is 0.0448. The smallest absolute Gasteiger partial charge is 0.409 e. The van der Waals surface area contributed by atoms with E-state index in [1.807, 2.05) is 19.1 Å². The number of methoxy groups -OCH3 is 1. The van der Waals surface area contributed by atoms with Crippen LogP contribution < -0.4 is 10.6 Å². The Labute approximate surface area is 168 Å². The van der Waals surface area contributed by atoms with Crippen LogP contribution in [0.25, 0.3) is 0 Å². The number of hydrogen-bond acceptors (Lipinski definition) is 6. The van der Waals surface area contributed by atoms with Crippen LogP contribution >= 0.6 is 0 Å². The van der Waals surface area contributed by atoms with Crippen LogP contribution in [0.15, 0.2) is 36.7 Å². The van der Waals surface area contributed by atoms with Crippen LogP contribution in [0, 0.1) is 6.92 Å². The summed E-state index contributed by atoms with van der Waals surface area (Å²) in [6.45, 7) is 2.92. The average Bonchev–Trinajstić information content (AvgIpc) is 2.74. The van der Waals surface area contributed by atoms with Crippen molar-refractivity contribution in [1.82, 2.24) is 20.2 Å². The molecule has 3 rings (SSSR count). The number of nitrogens with one attached hydrogen (secondary N) is 2. The highest BCUT2D eigenvalue weighted by atomic mass is 16.5. The number of rotatable bonds is 4. The molecular weight excluding hydrogens is 374 g/mol. The summed E-state index contributed by atoms with van der Waals surface area (Å²) in [7, 11) is 1.34. The molecule has 2 aromatic rings. The number of piperidine rings is 1. The molecule has 1 aromatic heterocycles. The number of carbonyl (C=O) groups excluding carboxylic acids is 3. The highest BCUT2D eigenvalue weighted by molar-refractivity contribution is 6.07. The number of nitrogens with zero attached hydrogens (tertiary/aromatic N) is 3. The van der Waals surface area contributed by atoms with E-state index in [1.54, 1.807) is 17.0 Å². The predicted octanol–water partition coefficient (Wildman–Crippen LogP) is 2.00. The fraction of sp³-hybridized carbons (Fsp3) is 0.350. The SMILES string of the molecule is COC(=O)N1CCC(NC(=O)c2nccnc2NC(=O)c2ccc(C)cc2)CC1. The first-order chi connectivity index (χ1) is 14.0. The largest absolute Gasteiger partial charge is 0.453 e. The number of aromatic nitrogens is 2. The van der Waals surface area contributed by atoms with Crippen molar-refractivity contribution >= 4 is 23.7 Å². The second-order valence-corrected chi connectivity index (χ2v) is 6.78. The molecule has 0 saturated carbocycles. The molecule has 3 amide bonds. The van der Waals surface area contributed by atoms with Crippen LogP contribution in [-0.4, -0.2) is 59.0 Å². The monoisotopic (exact) mass is 397 g/mol. The standard InChI is InChI=1S/C20H23N5O4/c1-13-3-5-14(6-4-13)18(26)24-17-16(21-9-10-22-17)19(27)23-15-7-11-25(12-8-15)20(28)29-2/h3-6,9-10,15H,7-8,11-12H2,1-2H3,(H,23,27)(H,22,24,26). The Bertz CT molecular complexity index is 892. The lowest BCUT2D eigenvalue weighted by atomic mass is 10.1. The maximum absolute atomic E-state index is 12.7. The van der Waals surface area contributed by atoms with E-state index in [-0.39, 0.29) is 29.6 Å². The summed E-state index contributed by atoms with van der Waals surface area (Å²) >= 11 is 0. The van der Waals surface area contributed by atoms with E-state index in [1.165, 1.54) is 19.5 Å². The van der Waals surface area contributed by atoms with Gasteiger partial charge in [0.05, 0.1) is 7.11 Å². The molecular formula is C20H23N5O4. The molecule has 29 heavy (non-hydrogen) atoms. The number of amides is 3. The highest BCUT2D eigenvalue weighted by Crippen LogP contribution is 2.15. The van der Waals surface area contributed by atoms with Gasteiger partial charge < -0.3 is 20.3 Å². The lowest BCUT2D eigenvalue weighted by Gasteiger charge is -2.31. The number of hydrogen-bond donors (Lipinski definition) is 2. The van der Waals surface area contributed by atoms with Gasteiger partial charge in [-0.2, -0.15) is 0 Å². The molecule has 9 nitrogen and oxygen atoms in total. The van der Waals surface area contributed by atoms with E-state index in [0.29, 0.717) is 31.5 Å². The van der Waals surface area contributed by atoms with Crippen LogP contribution in [0.1, 0.15) is 39.3 Å². The Kier molecular flexibility index (Phi) is 6.38. The Hall–Kier alpha value is -3.49. The molecule has 0 aliphatic carbocycles. The number of ether oxygens (including phenoxy) is 1. The van der Waals surface area contributed by atoms with Crippen LogP contribution in [0.3, 0.4) is 0 Å². The Morgan fingerprint density at radius 3 is 2.34 bits per heavy atom. The van der Waals surface area contributed by atoms with Gasteiger partial charge in [0, 0.05) is 37.1 Å². The summed E-state index contributed by atoms with van der Waals surface area (Å²) in [5.74, 6) is -0.692. The summed E-state index contributed by atoms with van der Waals surface area (Å²) in [5.41, 5.74) is 1.55. The van der Waals surface area contributed by atoms with E-state index < -0.39 is 5.91 Å². The molecule has 0 radical (unpaired) electrons. The van der Waals surface area contributed by atoms with Crippen molar-refractivity contribution in [3.63, 3.8) is 0 Å². The Balaban J connectivity index is 1.64. The summed E-state index contributed by atoms with van der Waals surface area (Å²) in [6.07, 6.45) is 3.65. The summed E-state index contributed by atoms with van der Waals surface area (Å²) in [6, 6.07) is 6.97. The zero-order chi connectivity index (χ0) is 20.8. The molecule has 0 spiro atoms. The predicted molar refractivity (Wildman–Crippen MR) is 106 cm³/mol. The molecule has 1 aromatic carbocycles. The van der Waals surface area contributed by atoms with E-state index in [4.69, 9.17) is 4.74 Å². The lowest BCUT2D eigenvalue weighted by Crippen LogP contribution is -2.46. The molecule has 0 unspecified atom stereocenters. The van der Waals surface area contributed by atoms with Gasteiger partial charge in [0.25, 0.3) is 11.8 Å². The minimum Gasteiger partial charge on any atom is -0.453 e. The fourth-order valence-corrected chi connectivity index (χ4v) is 3.07. The van der Waals surface area contributed by atoms with Crippen LogP contribution in [0.4, 0.5) is 10.6 Å². The van der Waals surface area contributed by atoms with Gasteiger partial charge in [-0.3, -0.25) is 9.59 Å². The lowest BCUT2D eigenvalue weighted by molar-refractivity contribution is 0.0888. The second-order valence-electron chi connectivity index (χ2n) is 6.78. The van der Waals surface area contributed by atoms with Crippen molar-refractivity contribution in [3.05, 3.63) is 53.5 Å². The first kappa shape index (κ1) is 20.2. The van der Waals surface area contributed by atoms with E-state index in [9.17, 15) is 14.4 Å². The van der Waals surface area contributed by atoms with Gasteiger partial charge in [0.15, 0.2) is 11.5 Å². The molecule has 0 atom stereocenters. The van der Waals surface area contributed by atoms with Gasteiger partial charge in [0.1, 0.15) is 0 Å². The molecule has 1 fully saturated rings. The molecule has 152 valence electrons. The van der Waals surface area contributed by atoms with Crippen molar-refractivity contribution in [3.8, 4) is 0 Å². The Morgan fingerprint density at radius 2 is 1.69 bits per heavy atom. The molecule has 9 heteroatoms. The fourth-order valence-electron chi connectivity index (χ4n) is 3.07. The van der Waals surface area contributed by atoms with Crippen LogP contribution in [0.5, 0.6) is 0 Å². The first-order valence-electron chi connectivity index (χ1n) is 9.30. The van der Waals surface area contributed by atoms with Crippen LogP contribution in [0.2, 0.25) is 0 Å². The first-order valence-corrected chi connectivity index (χ1v) is 9.30. The summed E-state index contributed by atoms with van der Waals surface area (Å²) in [4.78, 5) is 46.5. The normalized spacial score (nSPS) is 14.2. The Morgan fingerprint density at radius 1 is 1.03 bits per heavy atom.